The SMILES string of the molecule is CN(CCCOc1ccccc1)C(=O)c1ccc(F)nc1. The monoisotopic (exact) mass is 288 g/mol. The van der Waals surface area contributed by atoms with Gasteiger partial charge in [-0.1, -0.05) is 18.2 Å². The van der Waals surface area contributed by atoms with Gasteiger partial charge in [-0.25, -0.2) is 4.98 Å². The first-order valence-electron chi connectivity index (χ1n) is 6.71. The maximum Gasteiger partial charge on any atom is 0.255 e. The number of hydrogen-bond donors (Lipinski definition) is 0. The third-order valence-corrected chi connectivity index (χ3v) is 2.97. The molecule has 0 atom stereocenters. The van der Waals surface area contributed by atoms with Crippen molar-refractivity contribution < 1.29 is 13.9 Å². The van der Waals surface area contributed by atoms with Gasteiger partial charge in [0.25, 0.3) is 5.91 Å². The van der Waals surface area contributed by atoms with E-state index in [0.717, 1.165) is 5.75 Å². The fourth-order valence-electron chi connectivity index (χ4n) is 1.83. The molecule has 110 valence electrons. The molecule has 0 radical (unpaired) electrons. The molecular weight excluding hydrogens is 271 g/mol. The molecule has 5 heteroatoms. The Bertz CT molecular complexity index is 573. The molecule has 0 fully saturated rings. The summed E-state index contributed by atoms with van der Waals surface area (Å²) < 4.78 is 18.3. The van der Waals surface area contributed by atoms with Crippen molar-refractivity contribution >= 4 is 5.91 Å². The summed E-state index contributed by atoms with van der Waals surface area (Å²) in [7, 11) is 1.70. The molecule has 1 amide bonds. The van der Waals surface area contributed by atoms with E-state index in [9.17, 15) is 9.18 Å². The van der Waals surface area contributed by atoms with E-state index in [0.29, 0.717) is 25.1 Å². The second-order valence-electron chi connectivity index (χ2n) is 4.61. The molecule has 2 aromatic rings. The van der Waals surface area contributed by atoms with E-state index in [-0.39, 0.29) is 5.91 Å². The van der Waals surface area contributed by atoms with Crippen LogP contribution in [-0.2, 0) is 0 Å². The van der Waals surface area contributed by atoms with Gasteiger partial charge in [0, 0.05) is 19.8 Å². The molecule has 21 heavy (non-hydrogen) atoms. The summed E-state index contributed by atoms with van der Waals surface area (Å²) in [6.07, 6.45) is 1.96. The number of hydrogen-bond acceptors (Lipinski definition) is 3. The first-order valence-corrected chi connectivity index (χ1v) is 6.71. The Balaban J connectivity index is 1.75. The average Bonchev–Trinajstić information content (AvgIpc) is 2.52. The van der Waals surface area contributed by atoms with E-state index < -0.39 is 5.95 Å². The minimum absolute atomic E-state index is 0.179. The highest BCUT2D eigenvalue weighted by Crippen LogP contribution is 2.09. The quantitative estimate of drug-likeness (QED) is 0.606. The minimum atomic E-state index is -0.592. The summed E-state index contributed by atoms with van der Waals surface area (Å²) >= 11 is 0. The van der Waals surface area contributed by atoms with Crippen LogP contribution in [0.25, 0.3) is 0 Å². The van der Waals surface area contributed by atoms with Crippen LogP contribution < -0.4 is 4.74 Å². The number of amides is 1. The molecule has 1 aromatic heterocycles. The highest BCUT2D eigenvalue weighted by atomic mass is 19.1. The lowest BCUT2D eigenvalue weighted by Gasteiger charge is -2.17. The van der Waals surface area contributed by atoms with Crippen LogP contribution in [0.5, 0.6) is 5.75 Å². The van der Waals surface area contributed by atoms with E-state index in [1.54, 1.807) is 11.9 Å². The predicted octanol–water partition coefficient (Wildman–Crippen LogP) is 2.76. The van der Waals surface area contributed by atoms with Gasteiger partial charge in [-0.2, -0.15) is 4.39 Å². The number of nitrogens with zero attached hydrogens (tertiary/aromatic N) is 2. The summed E-state index contributed by atoms with van der Waals surface area (Å²) in [5.41, 5.74) is 0.378. The Labute approximate surface area is 123 Å². The second-order valence-corrected chi connectivity index (χ2v) is 4.61. The Kier molecular flexibility index (Phi) is 5.26. The number of carbonyl (C=O) groups excluding carboxylic acids is 1. The Morgan fingerprint density at radius 1 is 1.24 bits per heavy atom. The summed E-state index contributed by atoms with van der Waals surface area (Å²) in [6, 6.07) is 12.1. The summed E-state index contributed by atoms with van der Waals surface area (Å²) in [5.74, 6) is 0.0434. The number of benzene rings is 1. The van der Waals surface area contributed by atoms with Gasteiger partial charge in [0.1, 0.15) is 5.75 Å². The lowest BCUT2D eigenvalue weighted by Crippen LogP contribution is -2.28. The third kappa shape index (κ3) is 4.56. The van der Waals surface area contributed by atoms with E-state index >= 15 is 0 Å². The molecule has 0 bridgehead atoms. The van der Waals surface area contributed by atoms with Gasteiger partial charge >= 0.3 is 0 Å². The number of rotatable bonds is 6. The van der Waals surface area contributed by atoms with Crippen LogP contribution in [0.3, 0.4) is 0 Å². The molecule has 0 N–H and O–H groups in total. The van der Waals surface area contributed by atoms with E-state index in [1.807, 2.05) is 30.3 Å². The zero-order chi connectivity index (χ0) is 15.1. The van der Waals surface area contributed by atoms with Crippen LogP contribution in [0.4, 0.5) is 4.39 Å². The van der Waals surface area contributed by atoms with Gasteiger partial charge in [0.2, 0.25) is 5.95 Å². The summed E-state index contributed by atoms with van der Waals surface area (Å²) in [6.45, 7) is 1.09. The Hall–Kier alpha value is -2.43. The van der Waals surface area contributed by atoms with Gasteiger partial charge < -0.3 is 9.64 Å². The standard InChI is InChI=1S/C16H17FN2O2/c1-19(16(20)13-8-9-15(17)18-12-13)10-5-11-21-14-6-3-2-4-7-14/h2-4,6-9,12H,5,10-11H2,1H3. The maximum atomic E-state index is 12.7. The van der Waals surface area contributed by atoms with Crippen molar-refractivity contribution in [3.8, 4) is 5.75 Å². The summed E-state index contributed by atoms with van der Waals surface area (Å²) in [5, 5.41) is 0. The summed E-state index contributed by atoms with van der Waals surface area (Å²) in [4.78, 5) is 17.1. The van der Waals surface area contributed by atoms with Crippen molar-refractivity contribution in [3.63, 3.8) is 0 Å². The molecule has 0 spiro atoms. The molecule has 0 aliphatic rings. The van der Waals surface area contributed by atoms with Crippen LogP contribution in [0.15, 0.2) is 48.7 Å². The second kappa shape index (κ2) is 7.38. The predicted molar refractivity (Wildman–Crippen MR) is 77.7 cm³/mol. The van der Waals surface area contributed by atoms with E-state index in [2.05, 4.69) is 4.98 Å². The molecular formula is C16H17FN2O2. The molecule has 4 nitrogen and oxygen atoms in total. The number of pyridine rings is 1. The fourth-order valence-corrected chi connectivity index (χ4v) is 1.83. The number of carbonyl (C=O) groups is 1. The van der Waals surface area contributed by atoms with Crippen molar-refractivity contribution in [3.05, 3.63) is 60.2 Å². The van der Waals surface area contributed by atoms with E-state index in [4.69, 9.17) is 4.74 Å². The molecule has 0 saturated carbocycles. The van der Waals surface area contributed by atoms with Crippen LogP contribution in [0, 0.1) is 5.95 Å². The average molecular weight is 288 g/mol. The van der Waals surface area contributed by atoms with Crippen molar-refractivity contribution in [2.75, 3.05) is 20.2 Å². The van der Waals surface area contributed by atoms with Crippen LogP contribution in [0.1, 0.15) is 16.8 Å². The van der Waals surface area contributed by atoms with Crippen LogP contribution in [-0.4, -0.2) is 36.0 Å². The topological polar surface area (TPSA) is 42.4 Å². The number of para-hydroxylation sites is 1. The maximum absolute atomic E-state index is 12.7. The van der Waals surface area contributed by atoms with Crippen LogP contribution in [0.2, 0.25) is 0 Å². The number of halogens is 1. The molecule has 0 saturated heterocycles. The van der Waals surface area contributed by atoms with Gasteiger partial charge in [0.15, 0.2) is 0 Å². The highest BCUT2D eigenvalue weighted by Gasteiger charge is 2.11. The van der Waals surface area contributed by atoms with Gasteiger partial charge in [-0.3, -0.25) is 4.79 Å². The Morgan fingerprint density at radius 3 is 2.67 bits per heavy atom. The molecule has 1 heterocycles. The molecule has 0 aliphatic carbocycles. The molecule has 1 aromatic carbocycles. The van der Waals surface area contributed by atoms with Gasteiger partial charge in [-0.15, -0.1) is 0 Å². The molecule has 0 unspecified atom stereocenters. The van der Waals surface area contributed by atoms with Crippen LogP contribution >= 0.6 is 0 Å². The fraction of sp³-hybridized carbons (Fsp3) is 0.250. The van der Waals surface area contributed by atoms with Crippen molar-refractivity contribution in [2.24, 2.45) is 0 Å². The first kappa shape index (κ1) is 15.0. The largest absolute Gasteiger partial charge is 0.494 e. The lowest BCUT2D eigenvalue weighted by molar-refractivity contribution is 0.0787. The normalized spacial score (nSPS) is 10.2. The molecule has 2 rings (SSSR count). The first-order chi connectivity index (χ1) is 10.2. The zero-order valence-electron chi connectivity index (χ0n) is 11.8. The number of aromatic nitrogens is 1. The Morgan fingerprint density at radius 2 is 2.00 bits per heavy atom. The van der Waals surface area contributed by atoms with Gasteiger partial charge in [-0.05, 0) is 30.7 Å². The van der Waals surface area contributed by atoms with Crippen molar-refractivity contribution in [1.82, 2.24) is 9.88 Å². The number of ether oxygens (including phenoxy) is 1. The molecule has 0 aliphatic heterocycles. The third-order valence-electron chi connectivity index (χ3n) is 2.97. The van der Waals surface area contributed by atoms with Crippen molar-refractivity contribution in [1.29, 1.82) is 0 Å². The highest BCUT2D eigenvalue weighted by molar-refractivity contribution is 5.93. The zero-order valence-corrected chi connectivity index (χ0v) is 11.8. The van der Waals surface area contributed by atoms with Crippen molar-refractivity contribution in [2.45, 2.75) is 6.42 Å². The lowest BCUT2D eigenvalue weighted by atomic mass is 10.2. The van der Waals surface area contributed by atoms with Gasteiger partial charge in [0.05, 0.1) is 12.2 Å². The minimum Gasteiger partial charge on any atom is -0.494 e. The smallest absolute Gasteiger partial charge is 0.255 e. The van der Waals surface area contributed by atoms with E-state index in [1.165, 1.54) is 18.3 Å².